The van der Waals surface area contributed by atoms with Crippen LogP contribution in [0.4, 0.5) is 21.7 Å². The quantitative estimate of drug-likeness (QED) is 0.886. The van der Waals surface area contributed by atoms with E-state index in [1.165, 1.54) is 12.1 Å². The van der Waals surface area contributed by atoms with Gasteiger partial charge in [0.2, 0.25) is 0 Å². The molecule has 0 fully saturated rings. The molecule has 4 nitrogen and oxygen atoms in total. The number of rotatable bonds is 4. The molecule has 0 saturated carbocycles. The van der Waals surface area contributed by atoms with Gasteiger partial charge in [-0.1, -0.05) is 12.1 Å². The van der Waals surface area contributed by atoms with Crippen LogP contribution in [0.1, 0.15) is 5.56 Å². The largest absolute Gasteiger partial charge is 0.396 e. The number of nitrogen functional groups attached to an aromatic ring is 1. The zero-order valence-corrected chi connectivity index (χ0v) is 11.0. The molecule has 1 aromatic carbocycles. The Bertz CT molecular complexity index is 552. The first-order chi connectivity index (χ1) is 9.06. The topological polar surface area (TPSA) is 54.2 Å². The first-order valence-corrected chi connectivity index (χ1v) is 5.98. The molecule has 0 aliphatic heterocycles. The maximum absolute atomic E-state index is 12.8. The molecule has 0 spiro atoms. The van der Waals surface area contributed by atoms with Crippen LogP contribution in [0.2, 0.25) is 0 Å². The van der Waals surface area contributed by atoms with Gasteiger partial charge in [0.1, 0.15) is 11.6 Å². The third-order valence-corrected chi connectivity index (χ3v) is 2.72. The molecule has 3 N–H and O–H groups in total. The van der Waals surface area contributed by atoms with E-state index in [9.17, 15) is 4.39 Å². The zero-order valence-electron chi connectivity index (χ0n) is 11.0. The molecular formula is C14H17FN4. The summed E-state index contributed by atoms with van der Waals surface area (Å²) in [6.07, 6.45) is 0. The fourth-order valence-corrected chi connectivity index (χ4v) is 1.71. The molecule has 0 saturated heterocycles. The number of nitrogens with one attached hydrogen (secondary N) is 1. The van der Waals surface area contributed by atoms with E-state index in [1.807, 2.05) is 31.1 Å². The molecule has 2 rings (SSSR count). The lowest BCUT2D eigenvalue weighted by Gasteiger charge is -2.15. The lowest BCUT2D eigenvalue weighted by atomic mass is 10.2. The van der Waals surface area contributed by atoms with Crippen molar-refractivity contribution in [2.75, 3.05) is 30.0 Å². The minimum Gasteiger partial charge on any atom is -0.396 e. The van der Waals surface area contributed by atoms with Crippen molar-refractivity contribution in [3.8, 4) is 0 Å². The molecular weight excluding hydrogens is 243 g/mol. The van der Waals surface area contributed by atoms with Gasteiger partial charge in [-0.3, -0.25) is 0 Å². The second kappa shape index (κ2) is 5.56. The molecule has 0 unspecified atom stereocenters. The number of benzene rings is 1. The second-order valence-electron chi connectivity index (χ2n) is 4.48. The van der Waals surface area contributed by atoms with Gasteiger partial charge >= 0.3 is 0 Å². The summed E-state index contributed by atoms with van der Waals surface area (Å²) in [5.74, 6) is 1.23. The van der Waals surface area contributed by atoms with Crippen molar-refractivity contribution < 1.29 is 4.39 Å². The average Bonchev–Trinajstić information content (AvgIpc) is 2.39. The molecule has 100 valence electrons. The Hall–Kier alpha value is -2.30. The minimum absolute atomic E-state index is 0.232. The summed E-state index contributed by atoms with van der Waals surface area (Å²) >= 11 is 0. The number of halogens is 1. The molecule has 0 amide bonds. The second-order valence-corrected chi connectivity index (χ2v) is 4.48. The SMILES string of the molecule is CN(C)c1nc(NCc2ccc(F)cc2)ccc1N. The maximum Gasteiger partial charge on any atom is 0.153 e. The normalized spacial score (nSPS) is 10.3. The molecule has 1 heterocycles. The van der Waals surface area contributed by atoms with Crippen LogP contribution in [0.5, 0.6) is 0 Å². The number of hydrogen-bond acceptors (Lipinski definition) is 4. The van der Waals surface area contributed by atoms with Crippen LogP contribution in [0, 0.1) is 5.82 Å². The van der Waals surface area contributed by atoms with Gasteiger partial charge < -0.3 is 16.0 Å². The highest BCUT2D eigenvalue weighted by molar-refractivity contribution is 5.65. The van der Waals surface area contributed by atoms with Crippen LogP contribution in [0.3, 0.4) is 0 Å². The van der Waals surface area contributed by atoms with Crippen molar-refractivity contribution in [2.45, 2.75) is 6.54 Å². The van der Waals surface area contributed by atoms with Gasteiger partial charge in [0, 0.05) is 20.6 Å². The van der Waals surface area contributed by atoms with E-state index in [0.717, 1.165) is 17.2 Å². The number of nitrogens with zero attached hydrogens (tertiary/aromatic N) is 2. The Morgan fingerprint density at radius 2 is 1.84 bits per heavy atom. The number of anilines is 3. The van der Waals surface area contributed by atoms with Crippen LogP contribution < -0.4 is 16.0 Å². The van der Waals surface area contributed by atoms with E-state index < -0.39 is 0 Å². The van der Waals surface area contributed by atoms with E-state index in [2.05, 4.69) is 10.3 Å². The van der Waals surface area contributed by atoms with Gasteiger partial charge in [-0.05, 0) is 29.8 Å². The summed E-state index contributed by atoms with van der Waals surface area (Å²) in [5, 5.41) is 3.19. The molecule has 2 aromatic rings. The van der Waals surface area contributed by atoms with Crippen LogP contribution in [0.15, 0.2) is 36.4 Å². The minimum atomic E-state index is -0.232. The molecule has 5 heteroatoms. The van der Waals surface area contributed by atoms with Gasteiger partial charge in [0.25, 0.3) is 0 Å². The van der Waals surface area contributed by atoms with E-state index >= 15 is 0 Å². The molecule has 0 radical (unpaired) electrons. The fourth-order valence-electron chi connectivity index (χ4n) is 1.71. The Morgan fingerprint density at radius 1 is 1.16 bits per heavy atom. The third kappa shape index (κ3) is 3.34. The predicted molar refractivity (Wildman–Crippen MR) is 76.7 cm³/mol. The van der Waals surface area contributed by atoms with E-state index in [4.69, 9.17) is 5.73 Å². The number of aromatic nitrogens is 1. The summed E-state index contributed by atoms with van der Waals surface area (Å²) in [5.41, 5.74) is 7.47. The van der Waals surface area contributed by atoms with Crippen molar-refractivity contribution >= 4 is 17.3 Å². The Balaban J connectivity index is 2.07. The summed E-state index contributed by atoms with van der Waals surface area (Å²) in [6, 6.07) is 10.0. The van der Waals surface area contributed by atoms with Gasteiger partial charge in [-0.2, -0.15) is 0 Å². The molecule has 0 aliphatic rings. The standard InChI is InChI=1S/C14H17FN4/c1-19(2)14-12(16)7-8-13(18-14)17-9-10-3-5-11(15)6-4-10/h3-8H,9,16H2,1-2H3,(H,17,18). The number of nitrogens with two attached hydrogens (primary N) is 1. The monoisotopic (exact) mass is 260 g/mol. The fraction of sp³-hybridized carbons (Fsp3) is 0.214. The highest BCUT2D eigenvalue weighted by Crippen LogP contribution is 2.20. The highest BCUT2D eigenvalue weighted by Gasteiger charge is 2.04. The Kier molecular flexibility index (Phi) is 3.85. The average molecular weight is 260 g/mol. The number of hydrogen-bond donors (Lipinski definition) is 2. The summed E-state index contributed by atoms with van der Waals surface area (Å²) < 4.78 is 12.8. The van der Waals surface area contributed by atoms with Crippen molar-refractivity contribution in [1.82, 2.24) is 4.98 Å². The van der Waals surface area contributed by atoms with Crippen molar-refractivity contribution in [3.05, 3.63) is 47.8 Å². The predicted octanol–water partition coefficient (Wildman–Crippen LogP) is 2.48. The Morgan fingerprint density at radius 3 is 2.47 bits per heavy atom. The van der Waals surface area contributed by atoms with Gasteiger partial charge in [-0.15, -0.1) is 0 Å². The molecule has 1 aromatic heterocycles. The van der Waals surface area contributed by atoms with E-state index in [0.29, 0.717) is 12.2 Å². The van der Waals surface area contributed by atoms with Gasteiger partial charge in [-0.25, -0.2) is 9.37 Å². The first-order valence-electron chi connectivity index (χ1n) is 5.98. The van der Waals surface area contributed by atoms with E-state index in [1.54, 1.807) is 12.1 Å². The highest BCUT2D eigenvalue weighted by atomic mass is 19.1. The summed E-state index contributed by atoms with van der Waals surface area (Å²) in [4.78, 5) is 6.28. The van der Waals surface area contributed by atoms with Crippen LogP contribution >= 0.6 is 0 Å². The number of pyridine rings is 1. The van der Waals surface area contributed by atoms with Crippen molar-refractivity contribution in [2.24, 2.45) is 0 Å². The summed E-state index contributed by atoms with van der Waals surface area (Å²) in [7, 11) is 3.78. The molecule has 0 bridgehead atoms. The van der Waals surface area contributed by atoms with E-state index in [-0.39, 0.29) is 5.82 Å². The lowest BCUT2D eigenvalue weighted by Crippen LogP contribution is -2.14. The van der Waals surface area contributed by atoms with Gasteiger partial charge in [0.15, 0.2) is 5.82 Å². The third-order valence-electron chi connectivity index (χ3n) is 2.72. The Labute approximate surface area is 112 Å². The molecule has 19 heavy (non-hydrogen) atoms. The van der Waals surface area contributed by atoms with Crippen LogP contribution in [-0.2, 0) is 6.54 Å². The summed E-state index contributed by atoms with van der Waals surface area (Å²) in [6.45, 7) is 0.587. The molecule has 0 atom stereocenters. The van der Waals surface area contributed by atoms with Crippen molar-refractivity contribution in [1.29, 1.82) is 0 Å². The van der Waals surface area contributed by atoms with Crippen LogP contribution in [-0.4, -0.2) is 19.1 Å². The maximum atomic E-state index is 12.8. The zero-order chi connectivity index (χ0) is 13.8. The van der Waals surface area contributed by atoms with Crippen molar-refractivity contribution in [3.63, 3.8) is 0 Å². The van der Waals surface area contributed by atoms with Gasteiger partial charge in [0.05, 0.1) is 5.69 Å². The van der Waals surface area contributed by atoms with Crippen LogP contribution in [0.25, 0.3) is 0 Å². The smallest absolute Gasteiger partial charge is 0.153 e. The lowest BCUT2D eigenvalue weighted by molar-refractivity contribution is 0.627. The molecule has 0 aliphatic carbocycles. The first kappa shape index (κ1) is 13.1.